The van der Waals surface area contributed by atoms with Crippen molar-refractivity contribution in [1.29, 1.82) is 0 Å². The number of likely N-dealkylation sites (tertiary alicyclic amines) is 1. The lowest BCUT2D eigenvalue weighted by molar-refractivity contribution is -0.162. The first-order valence-electron chi connectivity index (χ1n) is 9.05. The Labute approximate surface area is 153 Å². The van der Waals surface area contributed by atoms with Crippen LogP contribution in [0.4, 0.5) is 0 Å². The summed E-state index contributed by atoms with van der Waals surface area (Å²) in [5.41, 5.74) is -1.34. The average molecular weight is 359 g/mol. The minimum absolute atomic E-state index is 0.0208. The van der Waals surface area contributed by atoms with Crippen LogP contribution in [0.2, 0.25) is 0 Å². The number of nitrogens with zero attached hydrogens (tertiary/aromatic N) is 1. The van der Waals surface area contributed by atoms with Crippen molar-refractivity contribution in [2.75, 3.05) is 20.2 Å². The molecule has 3 rings (SSSR count). The second kappa shape index (κ2) is 7.81. The van der Waals surface area contributed by atoms with E-state index in [0.717, 1.165) is 19.3 Å². The van der Waals surface area contributed by atoms with Gasteiger partial charge in [-0.05, 0) is 31.4 Å². The minimum Gasteiger partial charge on any atom is -0.493 e. The first-order valence-corrected chi connectivity index (χ1v) is 9.05. The number of methoxy groups -OCH3 is 1. The Morgan fingerprint density at radius 1 is 1.15 bits per heavy atom. The first-order chi connectivity index (χ1) is 12.6. The van der Waals surface area contributed by atoms with Gasteiger partial charge in [0.25, 0.3) is 0 Å². The van der Waals surface area contributed by atoms with E-state index in [4.69, 9.17) is 9.47 Å². The Morgan fingerprint density at radius 2 is 1.85 bits per heavy atom. The maximum absolute atomic E-state index is 12.7. The molecule has 1 unspecified atom stereocenters. The Bertz CT molecular complexity index is 691. The number of carboxylic acids is 1. The van der Waals surface area contributed by atoms with Gasteiger partial charge in [-0.25, -0.2) is 4.79 Å². The summed E-state index contributed by atoms with van der Waals surface area (Å²) in [5.74, 6) is 0.0596. The number of aliphatic carboxylic acids is 1. The monoisotopic (exact) mass is 359 g/mol. The minimum atomic E-state index is -1.34. The topological polar surface area (TPSA) is 76.1 Å². The number of para-hydroxylation sites is 2. The van der Waals surface area contributed by atoms with Crippen molar-refractivity contribution in [3.8, 4) is 11.5 Å². The van der Waals surface area contributed by atoms with Crippen LogP contribution in [0.5, 0.6) is 11.5 Å². The van der Waals surface area contributed by atoms with E-state index in [9.17, 15) is 14.7 Å². The maximum atomic E-state index is 12.7. The molecule has 6 heteroatoms. The van der Waals surface area contributed by atoms with Gasteiger partial charge in [-0.15, -0.1) is 0 Å². The zero-order chi connectivity index (χ0) is 18.6. The van der Waals surface area contributed by atoms with Crippen LogP contribution in [0, 0.1) is 5.92 Å². The summed E-state index contributed by atoms with van der Waals surface area (Å²) in [5, 5.41) is 9.81. The standard InChI is InChI=1S/C20H25NO5/c1-25-16-9-5-6-10-17(16)26-20(19(23)24)11-13-21(14-12-20)18(22)15-7-3-2-4-8-15/h2-3,5-6,9-10,15H,4,7-8,11-14H2,1H3,(H,23,24). The maximum Gasteiger partial charge on any atom is 0.348 e. The van der Waals surface area contributed by atoms with Crippen molar-refractivity contribution in [3.63, 3.8) is 0 Å². The lowest BCUT2D eigenvalue weighted by Gasteiger charge is -2.40. The van der Waals surface area contributed by atoms with Gasteiger partial charge in [-0.3, -0.25) is 4.79 Å². The van der Waals surface area contributed by atoms with Crippen molar-refractivity contribution in [2.24, 2.45) is 5.92 Å². The number of benzene rings is 1. The Kier molecular flexibility index (Phi) is 5.49. The number of ether oxygens (including phenoxy) is 2. The van der Waals surface area contributed by atoms with E-state index in [1.165, 1.54) is 7.11 Å². The lowest BCUT2D eigenvalue weighted by atomic mass is 9.88. The predicted octanol–water partition coefficient (Wildman–Crippen LogP) is 2.88. The van der Waals surface area contributed by atoms with E-state index < -0.39 is 11.6 Å². The molecule has 2 aliphatic rings. The van der Waals surface area contributed by atoms with Gasteiger partial charge < -0.3 is 19.5 Å². The van der Waals surface area contributed by atoms with Gasteiger partial charge in [0.05, 0.1) is 7.11 Å². The molecule has 0 saturated carbocycles. The highest BCUT2D eigenvalue weighted by Crippen LogP contribution is 2.35. The summed E-state index contributed by atoms with van der Waals surface area (Å²) in [4.78, 5) is 26.4. The highest BCUT2D eigenvalue weighted by atomic mass is 16.5. The van der Waals surface area contributed by atoms with Crippen LogP contribution in [0.25, 0.3) is 0 Å². The predicted molar refractivity (Wildman–Crippen MR) is 96.3 cm³/mol. The summed E-state index contributed by atoms with van der Waals surface area (Å²) in [6.07, 6.45) is 7.26. The molecule has 1 aromatic rings. The largest absolute Gasteiger partial charge is 0.493 e. The third-order valence-electron chi connectivity index (χ3n) is 5.27. The summed E-state index contributed by atoms with van der Waals surface area (Å²) in [6, 6.07) is 7.03. The molecule has 1 N–H and O–H groups in total. The second-order valence-electron chi connectivity index (χ2n) is 6.86. The van der Waals surface area contributed by atoms with Crippen LogP contribution < -0.4 is 9.47 Å². The van der Waals surface area contributed by atoms with Crippen LogP contribution >= 0.6 is 0 Å². The molecule has 0 spiro atoms. The Morgan fingerprint density at radius 3 is 2.42 bits per heavy atom. The summed E-state index contributed by atoms with van der Waals surface area (Å²) >= 11 is 0. The average Bonchev–Trinajstić information content (AvgIpc) is 2.69. The molecule has 26 heavy (non-hydrogen) atoms. The molecule has 1 saturated heterocycles. The van der Waals surface area contributed by atoms with Crippen LogP contribution in [-0.4, -0.2) is 47.7 Å². The summed E-state index contributed by atoms with van der Waals surface area (Å²) in [7, 11) is 1.52. The molecule has 1 atom stereocenters. The van der Waals surface area contributed by atoms with Gasteiger partial charge in [0.2, 0.25) is 11.5 Å². The number of hydrogen-bond acceptors (Lipinski definition) is 4. The van der Waals surface area contributed by atoms with E-state index >= 15 is 0 Å². The highest BCUT2D eigenvalue weighted by molar-refractivity contribution is 5.81. The number of amides is 1. The van der Waals surface area contributed by atoms with E-state index in [-0.39, 0.29) is 24.7 Å². The van der Waals surface area contributed by atoms with E-state index in [2.05, 4.69) is 12.2 Å². The smallest absolute Gasteiger partial charge is 0.348 e. The van der Waals surface area contributed by atoms with Gasteiger partial charge >= 0.3 is 5.97 Å². The molecule has 1 aromatic carbocycles. The molecule has 0 aromatic heterocycles. The normalized spacial score (nSPS) is 21.9. The third kappa shape index (κ3) is 3.69. The van der Waals surface area contributed by atoms with Crippen LogP contribution in [0.1, 0.15) is 32.1 Å². The molecular formula is C20H25NO5. The van der Waals surface area contributed by atoms with Crippen LogP contribution in [0.15, 0.2) is 36.4 Å². The van der Waals surface area contributed by atoms with E-state index in [1.807, 2.05) is 0 Å². The van der Waals surface area contributed by atoms with E-state index in [1.54, 1.807) is 29.2 Å². The number of allylic oxidation sites excluding steroid dienone is 2. The van der Waals surface area contributed by atoms with Crippen molar-refractivity contribution in [3.05, 3.63) is 36.4 Å². The quantitative estimate of drug-likeness (QED) is 0.818. The number of piperidine rings is 1. The molecular weight excluding hydrogens is 334 g/mol. The zero-order valence-corrected chi connectivity index (χ0v) is 15.0. The second-order valence-corrected chi connectivity index (χ2v) is 6.86. The summed E-state index contributed by atoms with van der Waals surface area (Å²) in [6.45, 7) is 0.779. The molecule has 1 fully saturated rings. The number of carbonyl (C=O) groups excluding carboxylic acids is 1. The van der Waals surface area contributed by atoms with Gasteiger partial charge in [0.15, 0.2) is 11.5 Å². The van der Waals surface area contributed by atoms with Crippen molar-refractivity contribution < 1.29 is 24.2 Å². The fourth-order valence-electron chi connectivity index (χ4n) is 3.64. The molecule has 140 valence electrons. The molecule has 1 aliphatic heterocycles. The van der Waals surface area contributed by atoms with Crippen LogP contribution in [-0.2, 0) is 9.59 Å². The fourth-order valence-corrected chi connectivity index (χ4v) is 3.64. The molecule has 6 nitrogen and oxygen atoms in total. The zero-order valence-electron chi connectivity index (χ0n) is 15.0. The van der Waals surface area contributed by atoms with Crippen molar-refractivity contribution in [2.45, 2.75) is 37.7 Å². The molecule has 1 amide bonds. The molecule has 0 radical (unpaired) electrons. The number of carboxylic acid groups (broad SMARTS) is 1. The highest BCUT2D eigenvalue weighted by Gasteiger charge is 2.45. The Hall–Kier alpha value is -2.50. The third-order valence-corrected chi connectivity index (χ3v) is 5.27. The number of carbonyl (C=O) groups is 2. The van der Waals surface area contributed by atoms with Gasteiger partial charge in [-0.1, -0.05) is 24.3 Å². The SMILES string of the molecule is COc1ccccc1OC1(C(=O)O)CCN(C(=O)C2CC=CCC2)CC1. The van der Waals surface area contributed by atoms with E-state index in [0.29, 0.717) is 24.6 Å². The molecule has 1 aliphatic carbocycles. The molecule has 0 bridgehead atoms. The van der Waals surface area contributed by atoms with Gasteiger partial charge in [0, 0.05) is 31.8 Å². The van der Waals surface area contributed by atoms with Crippen molar-refractivity contribution in [1.82, 2.24) is 4.90 Å². The van der Waals surface area contributed by atoms with Crippen LogP contribution in [0.3, 0.4) is 0 Å². The Balaban J connectivity index is 1.70. The van der Waals surface area contributed by atoms with Gasteiger partial charge in [-0.2, -0.15) is 0 Å². The summed E-state index contributed by atoms with van der Waals surface area (Å²) < 4.78 is 11.2. The fraction of sp³-hybridized carbons (Fsp3) is 0.500. The number of rotatable bonds is 5. The molecule has 1 heterocycles. The van der Waals surface area contributed by atoms with Gasteiger partial charge in [0.1, 0.15) is 0 Å². The lowest BCUT2D eigenvalue weighted by Crippen LogP contribution is -2.55. The van der Waals surface area contributed by atoms with Crippen molar-refractivity contribution >= 4 is 11.9 Å². The first kappa shape index (κ1) is 18.3. The number of hydrogen-bond donors (Lipinski definition) is 1.